The molecule has 18 heavy (non-hydrogen) atoms. The highest BCUT2D eigenvalue weighted by molar-refractivity contribution is 6.31. The summed E-state index contributed by atoms with van der Waals surface area (Å²) in [5.74, 6) is 0.235. The fourth-order valence-corrected chi connectivity index (χ4v) is 1.92. The molecular formula is C14H9ClN2O. The zero-order valence-corrected chi connectivity index (χ0v) is 10.1. The monoisotopic (exact) mass is 256 g/mol. The lowest BCUT2D eigenvalue weighted by Crippen LogP contribution is -1.88. The minimum atomic E-state index is 0.235. The van der Waals surface area contributed by atoms with Gasteiger partial charge in [-0.25, -0.2) is 4.98 Å². The van der Waals surface area contributed by atoms with Gasteiger partial charge in [0.05, 0.1) is 22.9 Å². The van der Waals surface area contributed by atoms with Gasteiger partial charge in [-0.1, -0.05) is 11.6 Å². The molecule has 0 saturated heterocycles. The molecular weight excluding hydrogens is 248 g/mol. The number of fused-ring (bicyclic) bond motifs is 1. The first-order valence-electron chi connectivity index (χ1n) is 5.44. The summed E-state index contributed by atoms with van der Waals surface area (Å²) in [4.78, 5) is 8.84. The first-order chi connectivity index (χ1) is 8.72. The van der Waals surface area contributed by atoms with Gasteiger partial charge in [0.1, 0.15) is 5.75 Å². The van der Waals surface area contributed by atoms with Crippen molar-refractivity contribution in [2.45, 2.75) is 0 Å². The molecule has 0 spiro atoms. The molecule has 0 saturated carbocycles. The number of hydrogen-bond acceptors (Lipinski definition) is 3. The zero-order valence-electron chi connectivity index (χ0n) is 9.34. The smallest absolute Gasteiger partial charge is 0.115 e. The normalized spacial score (nSPS) is 10.7. The van der Waals surface area contributed by atoms with Crippen LogP contribution < -0.4 is 0 Å². The van der Waals surface area contributed by atoms with Crippen LogP contribution in [0.5, 0.6) is 5.75 Å². The molecule has 3 nitrogen and oxygen atoms in total. The van der Waals surface area contributed by atoms with Crippen LogP contribution in [0.1, 0.15) is 0 Å². The second-order valence-corrected chi connectivity index (χ2v) is 4.37. The minimum Gasteiger partial charge on any atom is -0.508 e. The first kappa shape index (κ1) is 11.0. The fourth-order valence-electron chi connectivity index (χ4n) is 1.76. The molecule has 0 fully saturated rings. The summed E-state index contributed by atoms with van der Waals surface area (Å²) in [7, 11) is 0. The van der Waals surface area contributed by atoms with Gasteiger partial charge < -0.3 is 5.11 Å². The minimum absolute atomic E-state index is 0.235. The molecule has 0 aliphatic heterocycles. The molecule has 3 aromatic rings. The summed E-state index contributed by atoms with van der Waals surface area (Å²) in [5.41, 5.74) is 3.25. The Bertz CT molecular complexity index is 711. The van der Waals surface area contributed by atoms with Crippen molar-refractivity contribution in [3.63, 3.8) is 0 Å². The van der Waals surface area contributed by atoms with Crippen LogP contribution in [0.15, 0.2) is 48.7 Å². The highest BCUT2D eigenvalue weighted by atomic mass is 35.5. The van der Waals surface area contributed by atoms with E-state index >= 15 is 0 Å². The Morgan fingerprint density at radius 3 is 2.50 bits per heavy atom. The topological polar surface area (TPSA) is 46.0 Å². The number of phenolic OH excluding ortho intramolecular Hbond substituents is 1. The number of halogens is 1. The average Bonchev–Trinajstić information content (AvgIpc) is 2.39. The molecule has 0 aliphatic rings. The van der Waals surface area contributed by atoms with Crippen molar-refractivity contribution in [1.29, 1.82) is 0 Å². The summed E-state index contributed by atoms with van der Waals surface area (Å²) >= 11 is 5.90. The highest BCUT2D eigenvalue weighted by Gasteiger charge is 2.03. The van der Waals surface area contributed by atoms with E-state index in [4.69, 9.17) is 11.6 Å². The predicted octanol–water partition coefficient (Wildman–Crippen LogP) is 3.66. The molecule has 0 aliphatic carbocycles. The van der Waals surface area contributed by atoms with Gasteiger partial charge in [-0.15, -0.1) is 0 Å². The van der Waals surface area contributed by atoms with Crippen molar-refractivity contribution in [1.82, 2.24) is 9.97 Å². The van der Waals surface area contributed by atoms with Gasteiger partial charge in [0.15, 0.2) is 0 Å². The van der Waals surface area contributed by atoms with Crippen molar-refractivity contribution in [2.75, 3.05) is 0 Å². The van der Waals surface area contributed by atoms with Crippen LogP contribution in [0.2, 0.25) is 5.02 Å². The van der Waals surface area contributed by atoms with E-state index in [1.807, 2.05) is 6.07 Å². The van der Waals surface area contributed by atoms with E-state index in [1.165, 1.54) is 0 Å². The van der Waals surface area contributed by atoms with Crippen molar-refractivity contribution in [2.24, 2.45) is 0 Å². The van der Waals surface area contributed by atoms with E-state index in [9.17, 15) is 5.11 Å². The van der Waals surface area contributed by atoms with Gasteiger partial charge in [0, 0.05) is 10.6 Å². The summed E-state index contributed by atoms with van der Waals surface area (Å²) < 4.78 is 0. The molecule has 1 heterocycles. The van der Waals surface area contributed by atoms with Crippen LogP contribution >= 0.6 is 11.6 Å². The van der Waals surface area contributed by atoms with Crippen LogP contribution in [-0.4, -0.2) is 15.1 Å². The van der Waals surface area contributed by atoms with E-state index in [0.29, 0.717) is 5.02 Å². The number of benzene rings is 2. The van der Waals surface area contributed by atoms with Gasteiger partial charge >= 0.3 is 0 Å². The van der Waals surface area contributed by atoms with E-state index in [1.54, 1.807) is 42.6 Å². The van der Waals surface area contributed by atoms with Gasteiger partial charge in [-0.3, -0.25) is 4.98 Å². The average molecular weight is 257 g/mol. The van der Waals surface area contributed by atoms with Crippen LogP contribution in [-0.2, 0) is 0 Å². The molecule has 0 bridgehead atoms. The Hall–Kier alpha value is -2.13. The lowest BCUT2D eigenvalue weighted by Gasteiger charge is -2.03. The number of phenols is 1. The summed E-state index contributed by atoms with van der Waals surface area (Å²) in [6.45, 7) is 0. The number of nitrogens with zero attached hydrogens (tertiary/aromatic N) is 2. The second kappa shape index (κ2) is 4.27. The van der Waals surface area contributed by atoms with E-state index < -0.39 is 0 Å². The molecule has 0 radical (unpaired) electrons. The number of rotatable bonds is 1. The SMILES string of the molecule is Oc1ccc(-c2cnc3cc(Cl)ccc3n2)cc1. The van der Waals surface area contributed by atoms with E-state index in [2.05, 4.69) is 9.97 Å². The quantitative estimate of drug-likeness (QED) is 0.723. The highest BCUT2D eigenvalue weighted by Crippen LogP contribution is 2.22. The zero-order chi connectivity index (χ0) is 12.5. The van der Waals surface area contributed by atoms with E-state index in [-0.39, 0.29) is 5.75 Å². The maximum Gasteiger partial charge on any atom is 0.115 e. The summed E-state index contributed by atoms with van der Waals surface area (Å²) in [6, 6.07) is 12.3. The fraction of sp³-hybridized carbons (Fsp3) is 0. The lowest BCUT2D eigenvalue weighted by atomic mass is 10.1. The van der Waals surface area contributed by atoms with Crippen molar-refractivity contribution < 1.29 is 5.11 Å². The van der Waals surface area contributed by atoms with Gasteiger partial charge in [0.25, 0.3) is 0 Å². The third-order valence-electron chi connectivity index (χ3n) is 2.67. The van der Waals surface area contributed by atoms with Crippen molar-refractivity contribution in [3.8, 4) is 17.0 Å². The summed E-state index contributed by atoms with van der Waals surface area (Å²) in [5, 5.41) is 9.90. The molecule has 0 amide bonds. The Labute approximate surface area is 109 Å². The van der Waals surface area contributed by atoms with Gasteiger partial charge in [0.2, 0.25) is 0 Å². The van der Waals surface area contributed by atoms with Crippen LogP contribution in [0.3, 0.4) is 0 Å². The third kappa shape index (κ3) is 2.00. The molecule has 2 aromatic carbocycles. The molecule has 0 atom stereocenters. The van der Waals surface area contributed by atoms with Gasteiger partial charge in [-0.05, 0) is 42.5 Å². The maximum atomic E-state index is 9.26. The Balaban J connectivity index is 2.13. The largest absolute Gasteiger partial charge is 0.508 e. The number of hydrogen-bond donors (Lipinski definition) is 1. The maximum absolute atomic E-state index is 9.26. The Morgan fingerprint density at radius 1 is 0.944 bits per heavy atom. The second-order valence-electron chi connectivity index (χ2n) is 3.94. The van der Waals surface area contributed by atoms with Crippen LogP contribution in [0.25, 0.3) is 22.3 Å². The van der Waals surface area contributed by atoms with Crippen LogP contribution in [0, 0.1) is 0 Å². The Kier molecular flexibility index (Phi) is 2.61. The van der Waals surface area contributed by atoms with Crippen molar-refractivity contribution in [3.05, 3.63) is 53.7 Å². The molecule has 4 heteroatoms. The molecule has 0 unspecified atom stereocenters. The van der Waals surface area contributed by atoms with Crippen molar-refractivity contribution >= 4 is 22.6 Å². The molecule has 1 aromatic heterocycles. The number of aromatic hydroxyl groups is 1. The lowest BCUT2D eigenvalue weighted by molar-refractivity contribution is 0.475. The first-order valence-corrected chi connectivity index (χ1v) is 5.82. The predicted molar refractivity (Wildman–Crippen MR) is 71.6 cm³/mol. The molecule has 3 rings (SSSR count). The number of aromatic nitrogens is 2. The van der Waals surface area contributed by atoms with Crippen LogP contribution in [0.4, 0.5) is 0 Å². The van der Waals surface area contributed by atoms with Gasteiger partial charge in [-0.2, -0.15) is 0 Å². The third-order valence-corrected chi connectivity index (χ3v) is 2.90. The molecule has 1 N–H and O–H groups in total. The Morgan fingerprint density at radius 2 is 1.72 bits per heavy atom. The standard InChI is InChI=1S/C14H9ClN2O/c15-10-3-6-12-13(7-10)16-8-14(17-12)9-1-4-11(18)5-2-9/h1-8,18H. The molecule has 88 valence electrons. The van der Waals surface area contributed by atoms with E-state index in [0.717, 1.165) is 22.3 Å². The summed E-state index contributed by atoms with van der Waals surface area (Å²) in [6.07, 6.45) is 1.70.